The lowest BCUT2D eigenvalue weighted by atomic mass is 10.2. The summed E-state index contributed by atoms with van der Waals surface area (Å²) in [6.07, 6.45) is 2.50. The molecule has 2 atom stereocenters. The Bertz CT molecular complexity index is 604. The summed E-state index contributed by atoms with van der Waals surface area (Å²) in [4.78, 5) is 0.129. The van der Waals surface area contributed by atoms with Crippen molar-refractivity contribution in [1.82, 2.24) is 4.72 Å². The Kier molecular flexibility index (Phi) is 4.59. The number of hydrogen-bond donors (Lipinski definition) is 2. The number of anilines is 1. The van der Waals surface area contributed by atoms with Crippen LogP contribution in [-0.4, -0.2) is 27.7 Å². The van der Waals surface area contributed by atoms with E-state index >= 15 is 0 Å². The van der Waals surface area contributed by atoms with Crippen LogP contribution in [-0.2, 0) is 14.8 Å². The first-order valence-corrected chi connectivity index (χ1v) is 8.32. The molecule has 3 N–H and O–H groups in total. The van der Waals surface area contributed by atoms with Crippen molar-refractivity contribution in [2.24, 2.45) is 0 Å². The molecule has 0 aromatic heterocycles. The van der Waals surface area contributed by atoms with E-state index in [9.17, 15) is 8.42 Å². The monoisotopic (exact) mass is 318 g/mol. The molecule has 0 aliphatic heterocycles. The molecular weight excluding hydrogens is 300 g/mol. The number of rotatable bonds is 4. The molecule has 1 aromatic rings. The Morgan fingerprint density at radius 3 is 2.75 bits per heavy atom. The predicted molar refractivity (Wildman–Crippen MR) is 79.4 cm³/mol. The third kappa shape index (κ3) is 3.09. The van der Waals surface area contributed by atoms with Crippen molar-refractivity contribution in [3.8, 4) is 0 Å². The van der Waals surface area contributed by atoms with Crippen LogP contribution >= 0.6 is 11.6 Å². The lowest BCUT2D eigenvalue weighted by molar-refractivity contribution is 0.0916. The number of halogens is 1. The van der Waals surface area contributed by atoms with E-state index in [4.69, 9.17) is 22.1 Å². The molecule has 7 heteroatoms. The second kappa shape index (κ2) is 5.89. The normalized spacial score (nSPS) is 23.1. The van der Waals surface area contributed by atoms with Gasteiger partial charge in [0.15, 0.2) is 0 Å². The van der Waals surface area contributed by atoms with Crippen LogP contribution in [0.15, 0.2) is 17.0 Å². The van der Waals surface area contributed by atoms with Gasteiger partial charge in [-0.3, -0.25) is 0 Å². The van der Waals surface area contributed by atoms with Crippen LogP contribution in [0.25, 0.3) is 0 Å². The van der Waals surface area contributed by atoms with E-state index in [0.29, 0.717) is 16.3 Å². The minimum absolute atomic E-state index is 0.0818. The van der Waals surface area contributed by atoms with Crippen LogP contribution < -0.4 is 10.5 Å². The number of methoxy groups -OCH3 is 1. The summed E-state index contributed by atoms with van der Waals surface area (Å²) in [5.41, 5.74) is 6.65. The molecule has 2 unspecified atom stereocenters. The average molecular weight is 319 g/mol. The first kappa shape index (κ1) is 15.6. The zero-order valence-electron chi connectivity index (χ0n) is 11.5. The molecule has 0 bridgehead atoms. The highest BCUT2D eigenvalue weighted by atomic mass is 35.5. The molecule has 5 nitrogen and oxygen atoms in total. The second-order valence-electron chi connectivity index (χ2n) is 5.05. The topological polar surface area (TPSA) is 81.4 Å². The molecule has 2 rings (SSSR count). The van der Waals surface area contributed by atoms with Crippen LogP contribution in [0.1, 0.15) is 24.8 Å². The van der Waals surface area contributed by atoms with E-state index in [0.717, 1.165) is 19.3 Å². The first-order chi connectivity index (χ1) is 9.35. The van der Waals surface area contributed by atoms with E-state index in [2.05, 4.69) is 4.72 Å². The molecule has 1 saturated carbocycles. The van der Waals surface area contributed by atoms with Crippen molar-refractivity contribution in [2.45, 2.75) is 43.2 Å². The maximum atomic E-state index is 12.5. The van der Waals surface area contributed by atoms with Crippen molar-refractivity contribution in [2.75, 3.05) is 12.8 Å². The predicted octanol–water partition coefficient (Wildman–Crippen LogP) is 2.08. The SMILES string of the molecule is COC1CCCC1NS(=O)(=O)c1cc(Cl)cc(N)c1C. The highest BCUT2D eigenvalue weighted by Gasteiger charge is 2.32. The fourth-order valence-electron chi connectivity index (χ4n) is 2.56. The summed E-state index contributed by atoms with van der Waals surface area (Å²) in [6, 6.07) is 2.76. The van der Waals surface area contributed by atoms with Gasteiger partial charge in [0.05, 0.1) is 11.0 Å². The molecule has 1 fully saturated rings. The molecule has 1 aliphatic rings. The summed E-state index contributed by atoms with van der Waals surface area (Å²) in [5.74, 6) is 0. The van der Waals surface area contributed by atoms with Crippen LogP contribution in [0, 0.1) is 6.92 Å². The summed E-state index contributed by atoms with van der Waals surface area (Å²) in [6.45, 7) is 1.67. The summed E-state index contributed by atoms with van der Waals surface area (Å²) >= 11 is 5.90. The van der Waals surface area contributed by atoms with Crippen LogP contribution in [0.4, 0.5) is 5.69 Å². The highest BCUT2D eigenvalue weighted by Crippen LogP contribution is 2.28. The number of sulfonamides is 1. The third-order valence-corrected chi connectivity index (χ3v) is 5.55. The van der Waals surface area contributed by atoms with Crippen molar-refractivity contribution < 1.29 is 13.2 Å². The molecule has 112 valence electrons. The molecule has 20 heavy (non-hydrogen) atoms. The summed E-state index contributed by atoms with van der Waals surface area (Å²) < 4.78 is 33.0. The van der Waals surface area contributed by atoms with Gasteiger partial charge in [0.25, 0.3) is 0 Å². The maximum absolute atomic E-state index is 12.5. The number of hydrogen-bond acceptors (Lipinski definition) is 4. The molecule has 0 heterocycles. The fourth-order valence-corrected chi connectivity index (χ4v) is 4.45. The van der Waals surface area contributed by atoms with Gasteiger partial charge in [0.2, 0.25) is 10.0 Å². The van der Waals surface area contributed by atoms with E-state index in [1.807, 2.05) is 0 Å². The van der Waals surface area contributed by atoms with Crippen LogP contribution in [0.3, 0.4) is 0 Å². The maximum Gasteiger partial charge on any atom is 0.241 e. The lowest BCUT2D eigenvalue weighted by Crippen LogP contribution is -2.40. The minimum Gasteiger partial charge on any atom is -0.398 e. The molecule has 1 aliphatic carbocycles. The van der Waals surface area contributed by atoms with E-state index in [1.54, 1.807) is 20.1 Å². The number of benzene rings is 1. The largest absolute Gasteiger partial charge is 0.398 e. The molecule has 0 spiro atoms. The Balaban J connectivity index is 2.31. The van der Waals surface area contributed by atoms with Gasteiger partial charge in [0.1, 0.15) is 0 Å². The van der Waals surface area contributed by atoms with Crippen molar-refractivity contribution in [3.05, 3.63) is 22.7 Å². The number of nitrogens with one attached hydrogen (secondary N) is 1. The second-order valence-corrected chi connectivity index (χ2v) is 7.17. The van der Waals surface area contributed by atoms with Crippen molar-refractivity contribution in [3.63, 3.8) is 0 Å². The summed E-state index contributed by atoms with van der Waals surface area (Å²) in [5, 5.41) is 0.309. The Labute approximate surface area is 124 Å². The third-order valence-electron chi connectivity index (χ3n) is 3.72. The average Bonchev–Trinajstić information content (AvgIpc) is 2.80. The van der Waals surface area contributed by atoms with Gasteiger partial charge in [-0.1, -0.05) is 11.6 Å². The minimum atomic E-state index is -3.66. The van der Waals surface area contributed by atoms with Crippen molar-refractivity contribution >= 4 is 27.3 Å². The molecule has 0 radical (unpaired) electrons. The summed E-state index contributed by atoms with van der Waals surface area (Å²) in [7, 11) is -2.06. The van der Waals surface area contributed by atoms with Gasteiger partial charge in [-0.05, 0) is 43.9 Å². The van der Waals surface area contributed by atoms with E-state index in [1.165, 1.54) is 6.07 Å². The Morgan fingerprint density at radius 2 is 2.10 bits per heavy atom. The standard InChI is InChI=1S/C13H19ClN2O3S/c1-8-10(15)6-9(14)7-13(8)20(17,18)16-11-4-3-5-12(11)19-2/h6-7,11-12,16H,3-5,15H2,1-2H3. The molecule has 0 amide bonds. The van der Waals surface area contributed by atoms with Crippen LogP contribution in [0.2, 0.25) is 5.02 Å². The zero-order chi connectivity index (χ0) is 14.9. The van der Waals surface area contributed by atoms with E-state index in [-0.39, 0.29) is 17.0 Å². The zero-order valence-corrected chi connectivity index (χ0v) is 13.1. The van der Waals surface area contributed by atoms with Gasteiger partial charge in [0, 0.05) is 23.9 Å². The molecule has 1 aromatic carbocycles. The van der Waals surface area contributed by atoms with Gasteiger partial charge in [-0.25, -0.2) is 13.1 Å². The first-order valence-electron chi connectivity index (χ1n) is 6.46. The van der Waals surface area contributed by atoms with E-state index < -0.39 is 10.0 Å². The van der Waals surface area contributed by atoms with Gasteiger partial charge < -0.3 is 10.5 Å². The van der Waals surface area contributed by atoms with Gasteiger partial charge in [-0.15, -0.1) is 0 Å². The lowest BCUT2D eigenvalue weighted by Gasteiger charge is -2.20. The fraction of sp³-hybridized carbons (Fsp3) is 0.538. The van der Waals surface area contributed by atoms with Gasteiger partial charge >= 0.3 is 0 Å². The van der Waals surface area contributed by atoms with Crippen LogP contribution in [0.5, 0.6) is 0 Å². The Hall–Kier alpha value is -0.820. The van der Waals surface area contributed by atoms with Crippen molar-refractivity contribution in [1.29, 1.82) is 0 Å². The molecule has 0 saturated heterocycles. The number of nitrogens with two attached hydrogens (primary N) is 1. The van der Waals surface area contributed by atoms with Gasteiger partial charge in [-0.2, -0.15) is 0 Å². The number of nitrogen functional groups attached to an aromatic ring is 1. The highest BCUT2D eigenvalue weighted by molar-refractivity contribution is 7.89. The Morgan fingerprint density at radius 1 is 1.40 bits per heavy atom. The number of ether oxygens (including phenoxy) is 1. The quantitative estimate of drug-likeness (QED) is 0.833. The molecular formula is C13H19ClN2O3S. The smallest absolute Gasteiger partial charge is 0.241 e.